The van der Waals surface area contributed by atoms with E-state index in [0.29, 0.717) is 0 Å². The molecule has 0 unspecified atom stereocenters. The number of nitrogens with zero attached hydrogens (tertiary/aromatic N) is 2. The molecule has 3 rings (SSSR count). The van der Waals surface area contributed by atoms with E-state index in [1.165, 1.54) is 6.07 Å². The Morgan fingerprint density at radius 1 is 1.37 bits per heavy atom. The van der Waals surface area contributed by atoms with Crippen LogP contribution in [0.4, 0.5) is 10.1 Å². The predicted molar refractivity (Wildman–Crippen MR) is 78.3 cm³/mol. The quantitative estimate of drug-likeness (QED) is 0.726. The molecule has 0 saturated carbocycles. The molecule has 3 nitrogen and oxygen atoms in total. The summed E-state index contributed by atoms with van der Waals surface area (Å²) in [5.74, 6) is -0.413. The summed E-state index contributed by atoms with van der Waals surface area (Å²) >= 11 is 1.65. The van der Waals surface area contributed by atoms with Crippen molar-refractivity contribution in [3.63, 3.8) is 0 Å². The van der Waals surface area contributed by atoms with Crippen LogP contribution in [0.5, 0.6) is 0 Å². The minimum atomic E-state index is -0.413. The average Bonchev–Trinajstić information content (AvgIpc) is 2.98. The van der Waals surface area contributed by atoms with Gasteiger partial charge in [0.2, 0.25) is 0 Å². The highest BCUT2D eigenvalue weighted by molar-refractivity contribution is 7.10. The van der Waals surface area contributed by atoms with Crippen LogP contribution in [-0.4, -0.2) is 9.78 Å². The highest BCUT2D eigenvalue weighted by atomic mass is 32.1. The minimum Gasteiger partial charge on any atom is -0.396 e. The van der Waals surface area contributed by atoms with Crippen LogP contribution in [0, 0.1) is 5.82 Å². The summed E-state index contributed by atoms with van der Waals surface area (Å²) in [5, 5.41) is 7.26. The van der Waals surface area contributed by atoms with Gasteiger partial charge in [0.05, 0.1) is 16.9 Å². The third-order valence-electron chi connectivity index (χ3n) is 2.95. The van der Waals surface area contributed by atoms with Crippen LogP contribution in [-0.2, 0) is 7.05 Å². The molecule has 96 valence electrons. The second kappa shape index (κ2) is 4.51. The zero-order chi connectivity index (χ0) is 13.4. The fourth-order valence-corrected chi connectivity index (χ4v) is 2.61. The second-order valence-electron chi connectivity index (χ2n) is 4.25. The average molecular weight is 273 g/mol. The molecule has 0 amide bonds. The van der Waals surface area contributed by atoms with Crippen molar-refractivity contribution in [2.45, 2.75) is 0 Å². The number of aromatic nitrogens is 2. The van der Waals surface area contributed by atoms with Crippen molar-refractivity contribution in [3.05, 3.63) is 46.0 Å². The summed E-state index contributed by atoms with van der Waals surface area (Å²) < 4.78 is 15.1. The Morgan fingerprint density at radius 3 is 2.95 bits per heavy atom. The van der Waals surface area contributed by atoms with Gasteiger partial charge in [-0.3, -0.25) is 4.68 Å². The van der Waals surface area contributed by atoms with E-state index in [1.54, 1.807) is 29.1 Å². The van der Waals surface area contributed by atoms with Gasteiger partial charge in [0.15, 0.2) is 0 Å². The molecule has 2 N–H and O–H groups in total. The van der Waals surface area contributed by atoms with E-state index < -0.39 is 5.82 Å². The summed E-state index contributed by atoms with van der Waals surface area (Å²) in [6, 6.07) is 7.07. The van der Waals surface area contributed by atoms with Crippen molar-refractivity contribution >= 4 is 40.1 Å². The maximum atomic E-state index is 13.5. The molecule has 1 aromatic carbocycles. The summed E-state index contributed by atoms with van der Waals surface area (Å²) in [5.41, 5.74) is 7.29. The van der Waals surface area contributed by atoms with Crippen LogP contribution in [0.25, 0.3) is 23.1 Å². The Kier molecular flexibility index (Phi) is 2.83. The Hall–Kier alpha value is -2.14. The molecule has 0 aliphatic carbocycles. The minimum absolute atomic E-state index is 0.145. The third-order valence-corrected chi connectivity index (χ3v) is 3.78. The molecule has 0 fully saturated rings. The molecule has 19 heavy (non-hydrogen) atoms. The van der Waals surface area contributed by atoms with Gasteiger partial charge in [-0.1, -0.05) is 6.07 Å². The van der Waals surface area contributed by atoms with E-state index in [2.05, 4.69) is 5.10 Å². The number of benzene rings is 1. The number of halogens is 1. The van der Waals surface area contributed by atoms with Gasteiger partial charge in [-0.25, -0.2) is 4.39 Å². The molecule has 2 aromatic heterocycles. The van der Waals surface area contributed by atoms with E-state index in [1.807, 2.05) is 29.7 Å². The van der Waals surface area contributed by atoms with Gasteiger partial charge in [-0.05, 0) is 29.7 Å². The SMILES string of the molecule is Cn1nc(/C=C/c2cccs2)c2cc(N)c(F)cc21. The van der Waals surface area contributed by atoms with Crippen LogP contribution in [0.2, 0.25) is 0 Å². The fourth-order valence-electron chi connectivity index (χ4n) is 1.99. The molecule has 0 aliphatic rings. The van der Waals surface area contributed by atoms with Crippen molar-refractivity contribution in [2.24, 2.45) is 7.05 Å². The van der Waals surface area contributed by atoms with Crippen molar-refractivity contribution in [3.8, 4) is 0 Å². The molecule has 5 heteroatoms. The molecule has 0 radical (unpaired) electrons. The predicted octanol–water partition coefficient (Wildman–Crippen LogP) is 3.53. The van der Waals surface area contributed by atoms with E-state index in [0.717, 1.165) is 21.5 Å². The molecular weight excluding hydrogens is 261 g/mol. The number of nitrogens with two attached hydrogens (primary N) is 1. The summed E-state index contributed by atoms with van der Waals surface area (Å²) in [7, 11) is 1.79. The lowest BCUT2D eigenvalue weighted by Crippen LogP contribution is -1.92. The van der Waals surface area contributed by atoms with Crippen molar-refractivity contribution in [1.82, 2.24) is 9.78 Å². The highest BCUT2D eigenvalue weighted by Gasteiger charge is 2.09. The molecule has 0 spiro atoms. The lowest BCUT2D eigenvalue weighted by molar-refractivity contribution is 0.632. The third kappa shape index (κ3) is 2.13. The number of hydrogen-bond donors (Lipinski definition) is 1. The molecule has 0 atom stereocenters. The zero-order valence-corrected chi connectivity index (χ0v) is 11.1. The number of rotatable bonds is 2. The van der Waals surface area contributed by atoms with Crippen LogP contribution >= 0.6 is 11.3 Å². The van der Waals surface area contributed by atoms with E-state index in [9.17, 15) is 4.39 Å². The second-order valence-corrected chi connectivity index (χ2v) is 5.23. The molecule has 0 bridgehead atoms. The monoisotopic (exact) mass is 273 g/mol. The number of thiophene rings is 1. The van der Waals surface area contributed by atoms with E-state index >= 15 is 0 Å². The molecule has 2 heterocycles. The Balaban J connectivity index is 2.11. The smallest absolute Gasteiger partial charge is 0.148 e. The number of anilines is 1. The van der Waals surface area contributed by atoms with Crippen LogP contribution in [0.1, 0.15) is 10.6 Å². The van der Waals surface area contributed by atoms with Gasteiger partial charge in [-0.15, -0.1) is 11.3 Å². The largest absolute Gasteiger partial charge is 0.396 e. The molecule has 0 saturated heterocycles. The first-order valence-electron chi connectivity index (χ1n) is 5.78. The van der Waals surface area contributed by atoms with Crippen LogP contribution in [0.15, 0.2) is 29.6 Å². The van der Waals surface area contributed by atoms with Crippen molar-refractivity contribution < 1.29 is 4.39 Å². The van der Waals surface area contributed by atoms with Gasteiger partial charge < -0.3 is 5.73 Å². The lowest BCUT2D eigenvalue weighted by atomic mass is 10.1. The molecule has 0 aliphatic heterocycles. The Labute approximate surface area is 113 Å². The topological polar surface area (TPSA) is 43.8 Å². The Morgan fingerprint density at radius 2 is 2.21 bits per heavy atom. The van der Waals surface area contributed by atoms with Gasteiger partial charge in [-0.2, -0.15) is 5.10 Å². The van der Waals surface area contributed by atoms with Gasteiger partial charge in [0.1, 0.15) is 5.82 Å². The summed E-state index contributed by atoms with van der Waals surface area (Å²) in [6.07, 6.45) is 3.91. The zero-order valence-electron chi connectivity index (χ0n) is 10.3. The number of aryl methyl sites for hydroxylation is 1. The van der Waals surface area contributed by atoms with Crippen LogP contribution < -0.4 is 5.73 Å². The van der Waals surface area contributed by atoms with E-state index in [4.69, 9.17) is 5.73 Å². The fraction of sp³-hybridized carbons (Fsp3) is 0.0714. The standard InChI is InChI=1S/C14H12FN3S/c1-18-14-8-11(15)12(16)7-10(14)13(17-18)5-4-9-3-2-6-19-9/h2-8H,16H2,1H3/b5-4+. The molecular formula is C14H12FN3S. The highest BCUT2D eigenvalue weighted by Crippen LogP contribution is 2.25. The number of nitrogen functional groups attached to an aromatic ring is 1. The maximum absolute atomic E-state index is 13.5. The lowest BCUT2D eigenvalue weighted by Gasteiger charge is -1.98. The van der Waals surface area contributed by atoms with Gasteiger partial charge in [0.25, 0.3) is 0 Å². The first-order chi connectivity index (χ1) is 9.15. The van der Waals surface area contributed by atoms with Crippen LogP contribution in [0.3, 0.4) is 0 Å². The number of fused-ring (bicyclic) bond motifs is 1. The summed E-state index contributed by atoms with van der Waals surface area (Å²) in [4.78, 5) is 1.15. The normalized spacial score (nSPS) is 11.7. The van der Waals surface area contributed by atoms with Crippen molar-refractivity contribution in [2.75, 3.05) is 5.73 Å². The molecule has 3 aromatic rings. The van der Waals surface area contributed by atoms with Crippen molar-refractivity contribution in [1.29, 1.82) is 0 Å². The first kappa shape index (κ1) is 11.9. The van der Waals surface area contributed by atoms with Gasteiger partial charge in [0, 0.05) is 23.4 Å². The Bertz CT molecular complexity index is 757. The first-order valence-corrected chi connectivity index (χ1v) is 6.66. The maximum Gasteiger partial charge on any atom is 0.148 e. The van der Waals surface area contributed by atoms with E-state index in [-0.39, 0.29) is 5.69 Å². The summed E-state index contributed by atoms with van der Waals surface area (Å²) in [6.45, 7) is 0. The number of hydrogen-bond acceptors (Lipinski definition) is 3. The van der Waals surface area contributed by atoms with Gasteiger partial charge >= 0.3 is 0 Å².